The summed E-state index contributed by atoms with van der Waals surface area (Å²) in [6, 6.07) is 10.2. The van der Waals surface area contributed by atoms with Gasteiger partial charge in [0.2, 0.25) is 5.91 Å². The van der Waals surface area contributed by atoms with Crippen molar-refractivity contribution in [1.29, 1.82) is 0 Å². The predicted octanol–water partition coefficient (Wildman–Crippen LogP) is 3.55. The molecule has 1 unspecified atom stereocenters. The smallest absolute Gasteiger partial charge is 0.224 e. The number of hydrogen-bond acceptors (Lipinski definition) is 3. The van der Waals surface area contributed by atoms with Gasteiger partial charge < -0.3 is 10.6 Å². The van der Waals surface area contributed by atoms with Crippen LogP contribution in [0.4, 0.5) is 5.69 Å². The molecule has 1 aromatic carbocycles. The highest BCUT2D eigenvalue weighted by molar-refractivity contribution is 6.00. The molecule has 1 atom stereocenters. The van der Waals surface area contributed by atoms with Gasteiger partial charge in [0, 0.05) is 24.0 Å². The summed E-state index contributed by atoms with van der Waals surface area (Å²) < 4.78 is 0. The van der Waals surface area contributed by atoms with Crippen LogP contribution in [0.1, 0.15) is 25.7 Å². The minimum Gasteiger partial charge on any atom is -0.325 e. The summed E-state index contributed by atoms with van der Waals surface area (Å²) in [6.07, 6.45) is 5.65. The highest BCUT2D eigenvalue weighted by Gasteiger charge is 2.15. The van der Waals surface area contributed by atoms with Crippen LogP contribution in [-0.4, -0.2) is 23.5 Å². The van der Waals surface area contributed by atoms with Crippen LogP contribution in [0.2, 0.25) is 0 Å². The van der Waals surface area contributed by atoms with Gasteiger partial charge in [-0.15, -0.1) is 24.8 Å². The van der Waals surface area contributed by atoms with E-state index in [2.05, 4.69) is 15.6 Å². The van der Waals surface area contributed by atoms with Gasteiger partial charge in [-0.3, -0.25) is 9.78 Å². The normalized spacial score (nSPS) is 16.6. The minimum atomic E-state index is 0. The molecule has 0 radical (unpaired) electrons. The lowest BCUT2D eigenvalue weighted by molar-refractivity contribution is -0.116. The number of hydrogen-bond donors (Lipinski definition) is 2. The van der Waals surface area contributed by atoms with E-state index >= 15 is 0 Å². The Balaban J connectivity index is 0.00000121. The van der Waals surface area contributed by atoms with E-state index in [0.29, 0.717) is 12.5 Å². The average Bonchev–Trinajstić information content (AvgIpc) is 2.99. The zero-order valence-corrected chi connectivity index (χ0v) is 13.9. The molecule has 0 saturated carbocycles. The van der Waals surface area contributed by atoms with Crippen molar-refractivity contribution in [2.24, 2.45) is 0 Å². The van der Waals surface area contributed by atoms with E-state index in [-0.39, 0.29) is 30.7 Å². The standard InChI is InChI=1S/C16H19N3O.2ClH/c20-16(9-8-12-4-2-10-17-12)19-15-7-1-6-14-13(15)5-3-11-18-14;;/h1,3,5-7,11-12,17H,2,4,8-10H2,(H,19,20);2*1H. The first kappa shape index (κ1) is 18.7. The summed E-state index contributed by atoms with van der Waals surface area (Å²) in [5.74, 6) is 0.0788. The third kappa shape index (κ3) is 4.57. The zero-order valence-electron chi connectivity index (χ0n) is 12.2. The SMILES string of the molecule is Cl.Cl.O=C(CCC1CCCN1)Nc1cccc2ncccc12. The van der Waals surface area contributed by atoms with Gasteiger partial charge in [-0.2, -0.15) is 0 Å². The Morgan fingerprint density at radius 2 is 2.14 bits per heavy atom. The lowest BCUT2D eigenvalue weighted by Gasteiger charge is -2.11. The maximum absolute atomic E-state index is 12.1. The fourth-order valence-electron chi connectivity index (χ4n) is 2.73. The number of halogens is 2. The van der Waals surface area contributed by atoms with Crippen LogP contribution < -0.4 is 10.6 Å². The van der Waals surface area contributed by atoms with Crippen molar-refractivity contribution in [1.82, 2.24) is 10.3 Å². The lowest BCUT2D eigenvalue weighted by atomic mass is 10.1. The van der Waals surface area contributed by atoms with Gasteiger partial charge in [0.1, 0.15) is 0 Å². The van der Waals surface area contributed by atoms with E-state index < -0.39 is 0 Å². The van der Waals surface area contributed by atoms with Crippen LogP contribution in [0.3, 0.4) is 0 Å². The van der Waals surface area contributed by atoms with Gasteiger partial charge in [-0.1, -0.05) is 6.07 Å². The maximum atomic E-state index is 12.1. The van der Waals surface area contributed by atoms with Crippen molar-refractivity contribution in [3.05, 3.63) is 36.5 Å². The molecular formula is C16H21Cl2N3O. The first-order valence-electron chi connectivity index (χ1n) is 7.20. The molecule has 22 heavy (non-hydrogen) atoms. The third-order valence-corrected chi connectivity index (χ3v) is 3.80. The quantitative estimate of drug-likeness (QED) is 0.893. The van der Waals surface area contributed by atoms with Crippen LogP contribution in [0, 0.1) is 0 Å². The molecule has 120 valence electrons. The minimum absolute atomic E-state index is 0. The fourth-order valence-corrected chi connectivity index (χ4v) is 2.73. The van der Waals surface area contributed by atoms with E-state index in [1.807, 2.05) is 30.3 Å². The summed E-state index contributed by atoms with van der Waals surface area (Å²) in [4.78, 5) is 16.4. The average molecular weight is 342 g/mol. The first-order valence-corrected chi connectivity index (χ1v) is 7.20. The second-order valence-electron chi connectivity index (χ2n) is 5.26. The van der Waals surface area contributed by atoms with Crippen molar-refractivity contribution in [2.45, 2.75) is 31.7 Å². The van der Waals surface area contributed by atoms with Crippen molar-refractivity contribution >= 4 is 47.3 Å². The molecule has 1 amide bonds. The van der Waals surface area contributed by atoms with Gasteiger partial charge in [-0.25, -0.2) is 0 Å². The Morgan fingerprint density at radius 3 is 2.91 bits per heavy atom. The molecule has 2 N–H and O–H groups in total. The Bertz CT molecular complexity index is 610. The number of pyridine rings is 1. The van der Waals surface area contributed by atoms with Crippen LogP contribution in [0.15, 0.2) is 36.5 Å². The number of aromatic nitrogens is 1. The highest BCUT2D eigenvalue weighted by Crippen LogP contribution is 2.21. The van der Waals surface area contributed by atoms with Crippen LogP contribution >= 0.6 is 24.8 Å². The molecule has 1 aliphatic rings. The Hall–Kier alpha value is -1.36. The number of nitrogens with zero attached hydrogens (tertiary/aromatic N) is 1. The number of amides is 1. The highest BCUT2D eigenvalue weighted by atomic mass is 35.5. The number of rotatable bonds is 4. The molecule has 0 aliphatic carbocycles. The number of carbonyl (C=O) groups excluding carboxylic acids is 1. The first-order chi connectivity index (χ1) is 9.83. The summed E-state index contributed by atoms with van der Waals surface area (Å²) in [7, 11) is 0. The molecule has 1 aromatic heterocycles. The van der Waals surface area contributed by atoms with E-state index in [1.54, 1.807) is 6.20 Å². The molecule has 1 saturated heterocycles. The number of nitrogens with one attached hydrogen (secondary N) is 2. The van der Waals surface area contributed by atoms with Gasteiger partial charge in [0.25, 0.3) is 0 Å². The summed E-state index contributed by atoms with van der Waals surface area (Å²) in [6.45, 7) is 1.08. The summed E-state index contributed by atoms with van der Waals surface area (Å²) in [5.41, 5.74) is 1.75. The summed E-state index contributed by atoms with van der Waals surface area (Å²) >= 11 is 0. The number of benzene rings is 1. The summed E-state index contributed by atoms with van der Waals surface area (Å²) in [5, 5.41) is 7.41. The Kier molecular flexibility index (Phi) is 7.59. The van der Waals surface area contributed by atoms with Gasteiger partial charge in [0.05, 0.1) is 11.2 Å². The second-order valence-corrected chi connectivity index (χ2v) is 5.26. The van der Waals surface area contributed by atoms with Crippen molar-refractivity contribution in [3.63, 3.8) is 0 Å². The van der Waals surface area contributed by atoms with Crippen LogP contribution in [0.25, 0.3) is 10.9 Å². The number of carbonyl (C=O) groups is 1. The van der Waals surface area contributed by atoms with E-state index in [4.69, 9.17) is 0 Å². The zero-order chi connectivity index (χ0) is 13.8. The molecule has 0 bridgehead atoms. The van der Waals surface area contributed by atoms with Gasteiger partial charge >= 0.3 is 0 Å². The van der Waals surface area contributed by atoms with Crippen molar-refractivity contribution in [3.8, 4) is 0 Å². The van der Waals surface area contributed by atoms with E-state index in [1.165, 1.54) is 12.8 Å². The molecule has 1 aliphatic heterocycles. The monoisotopic (exact) mass is 341 g/mol. The molecule has 6 heteroatoms. The predicted molar refractivity (Wildman–Crippen MR) is 95.1 cm³/mol. The molecular weight excluding hydrogens is 321 g/mol. The Morgan fingerprint density at radius 1 is 1.27 bits per heavy atom. The van der Waals surface area contributed by atoms with Gasteiger partial charge in [-0.05, 0) is 50.1 Å². The van der Waals surface area contributed by atoms with E-state index in [9.17, 15) is 4.79 Å². The Labute approximate surface area is 142 Å². The number of anilines is 1. The molecule has 2 heterocycles. The second kappa shape index (κ2) is 8.93. The lowest BCUT2D eigenvalue weighted by Crippen LogP contribution is -2.23. The molecule has 1 fully saturated rings. The fraction of sp³-hybridized carbons (Fsp3) is 0.375. The van der Waals surface area contributed by atoms with E-state index in [0.717, 1.165) is 29.6 Å². The molecule has 3 rings (SSSR count). The largest absolute Gasteiger partial charge is 0.325 e. The number of fused-ring (bicyclic) bond motifs is 1. The third-order valence-electron chi connectivity index (χ3n) is 3.80. The van der Waals surface area contributed by atoms with Crippen LogP contribution in [0.5, 0.6) is 0 Å². The topological polar surface area (TPSA) is 54.0 Å². The molecule has 2 aromatic rings. The van der Waals surface area contributed by atoms with Gasteiger partial charge in [0.15, 0.2) is 0 Å². The van der Waals surface area contributed by atoms with Crippen molar-refractivity contribution < 1.29 is 4.79 Å². The van der Waals surface area contributed by atoms with Crippen molar-refractivity contribution in [2.75, 3.05) is 11.9 Å². The molecule has 0 spiro atoms. The maximum Gasteiger partial charge on any atom is 0.224 e. The molecule has 4 nitrogen and oxygen atoms in total. The van der Waals surface area contributed by atoms with Crippen LogP contribution in [-0.2, 0) is 4.79 Å².